The van der Waals surface area contributed by atoms with E-state index in [1.807, 2.05) is 44.2 Å². The van der Waals surface area contributed by atoms with Gasteiger partial charge >= 0.3 is 6.36 Å². The molecule has 4 aromatic rings. The molecule has 1 aliphatic heterocycles. The topological polar surface area (TPSA) is 93.9 Å². The second-order valence-electron chi connectivity index (χ2n) is 9.72. The minimum Gasteiger partial charge on any atom is -0.406 e. The van der Waals surface area contributed by atoms with Crippen molar-refractivity contribution < 1.29 is 27.5 Å². The van der Waals surface area contributed by atoms with E-state index in [2.05, 4.69) is 25.3 Å². The van der Waals surface area contributed by atoms with Gasteiger partial charge in [0.25, 0.3) is 0 Å². The zero-order chi connectivity index (χ0) is 31.4. The molecule has 228 valence electrons. The zero-order valence-corrected chi connectivity index (χ0v) is 25.6. The number of hydrogen-bond donors (Lipinski definition) is 1. The molecule has 1 N–H and O–H groups in total. The van der Waals surface area contributed by atoms with E-state index in [0.29, 0.717) is 27.4 Å². The van der Waals surface area contributed by atoms with Crippen LogP contribution in [0.2, 0.25) is 5.02 Å². The maximum Gasteiger partial charge on any atom is 0.573 e. The molecule has 9 nitrogen and oxygen atoms in total. The Kier molecular flexibility index (Phi) is 9.53. The fourth-order valence-corrected chi connectivity index (χ4v) is 5.48. The summed E-state index contributed by atoms with van der Waals surface area (Å²) < 4.78 is 42.5. The van der Waals surface area contributed by atoms with Crippen LogP contribution in [0.15, 0.2) is 78.0 Å². The number of alkyl halides is 3. The van der Waals surface area contributed by atoms with Gasteiger partial charge in [0, 0.05) is 10.6 Å². The molecule has 0 spiro atoms. The molecule has 1 fully saturated rings. The average Bonchev–Trinajstić information content (AvgIpc) is 3.60. The van der Waals surface area contributed by atoms with Crippen molar-refractivity contribution in [2.75, 3.05) is 10.7 Å². The maximum atomic E-state index is 12.7. The van der Waals surface area contributed by atoms with E-state index >= 15 is 0 Å². The van der Waals surface area contributed by atoms with Crippen molar-refractivity contribution in [3.63, 3.8) is 0 Å². The molecule has 2 heterocycles. The molecular formula is C29H24ClF3N6O3S2. The molecule has 0 saturated carbocycles. The van der Waals surface area contributed by atoms with Gasteiger partial charge < -0.3 is 4.74 Å². The van der Waals surface area contributed by atoms with Gasteiger partial charge in [0.2, 0.25) is 11.0 Å². The van der Waals surface area contributed by atoms with Gasteiger partial charge in [-0.15, -0.1) is 18.3 Å². The quantitative estimate of drug-likeness (QED) is 0.159. The molecule has 15 heteroatoms. The molecule has 0 unspecified atom stereocenters. The number of carbonyl (C=O) groups excluding carboxylic acids is 1. The third-order valence-electron chi connectivity index (χ3n) is 6.26. The average molecular weight is 661 g/mol. The number of aromatic nitrogens is 3. The highest BCUT2D eigenvalue weighted by molar-refractivity contribution is 8.15. The Labute approximate surface area is 265 Å². The lowest BCUT2D eigenvalue weighted by Crippen LogP contribution is -2.32. The van der Waals surface area contributed by atoms with Crippen molar-refractivity contribution in [1.82, 2.24) is 20.2 Å². The van der Waals surface area contributed by atoms with Gasteiger partial charge in [0.15, 0.2) is 11.0 Å². The van der Waals surface area contributed by atoms with Gasteiger partial charge in [-0.25, -0.2) is 15.1 Å². The first kappa shape index (κ1) is 31.4. The van der Waals surface area contributed by atoms with Crippen LogP contribution in [0.5, 0.6) is 5.75 Å². The van der Waals surface area contributed by atoms with E-state index in [1.54, 1.807) is 12.1 Å². The molecule has 1 amide bonds. The van der Waals surface area contributed by atoms with Crippen molar-refractivity contribution in [2.24, 2.45) is 4.99 Å². The summed E-state index contributed by atoms with van der Waals surface area (Å²) in [6.07, 6.45) is -3.30. The summed E-state index contributed by atoms with van der Waals surface area (Å²) >= 11 is 12.9. The summed E-state index contributed by atoms with van der Waals surface area (Å²) in [7, 11) is 0. The number of anilines is 1. The van der Waals surface area contributed by atoms with Gasteiger partial charge in [0.05, 0.1) is 23.7 Å². The summed E-state index contributed by atoms with van der Waals surface area (Å²) in [5, 5.41) is 5.41. The number of nitrogens with zero attached hydrogens (tertiary/aromatic N) is 5. The van der Waals surface area contributed by atoms with Crippen molar-refractivity contribution in [3.8, 4) is 22.8 Å². The molecule has 1 aromatic heterocycles. The minimum absolute atomic E-state index is 0.0599. The number of carbonyl (C=O) groups is 1. The third-order valence-corrected chi connectivity index (χ3v) is 7.59. The number of ether oxygens (including phenoxy) is 1. The number of thiocarbonyl (C=S) groups is 1. The molecular weight excluding hydrogens is 637 g/mol. The number of amides is 1. The summed E-state index contributed by atoms with van der Waals surface area (Å²) in [6, 6.07) is 18.0. The molecule has 44 heavy (non-hydrogen) atoms. The standard InChI is InChI=1S/C29H24ClF3N6O3S2/c1-17(2)23-12-7-20(30)13-24(23)39-25(40)15-44-28(39)35-27(43)37-41-14-18-3-5-19(6-4-18)26-34-16-38(36-26)21-8-10-22(11-9-21)42-29(31,32)33/h3-13,16-17H,14-15H2,1-2H3,(H,37,43). The summed E-state index contributed by atoms with van der Waals surface area (Å²) in [6.45, 7) is 4.24. The van der Waals surface area contributed by atoms with Crippen LogP contribution in [0.1, 0.15) is 30.9 Å². The molecule has 1 saturated heterocycles. The molecule has 0 radical (unpaired) electrons. The second-order valence-corrected chi connectivity index (χ2v) is 11.5. The van der Waals surface area contributed by atoms with Gasteiger partial charge in [0.1, 0.15) is 12.1 Å². The number of aliphatic imine (C=N–C) groups is 1. The molecule has 1 aliphatic rings. The monoisotopic (exact) mass is 660 g/mol. The smallest absolute Gasteiger partial charge is 0.406 e. The minimum atomic E-state index is -4.76. The predicted molar refractivity (Wildman–Crippen MR) is 167 cm³/mol. The lowest BCUT2D eigenvalue weighted by Gasteiger charge is -2.22. The summed E-state index contributed by atoms with van der Waals surface area (Å²) in [5.74, 6) is 0.380. The van der Waals surface area contributed by atoms with Crippen molar-refractivity contribution >= 4 is 57.5 Å². The fourth-order valence-electron chi connectivity index (χ4n) is 4.24. The zero-order valence-electron chi connectivity index (χ0n) is 23.2. The van der Waals surface area contributed by atoms with Gasteiger partial charge in [-0.05, 0) is 65.7 Å². The number of amidine groups is 1. The normalized spacial score (nSPS) is 14.5. The Morgan fingerprint density at radius 1 is 1.14 bits per heavy atom. The largest absolute Gasteiger partial charge is 0.573 e. The Balaban J connectivity index is 1.17. The van der Waals surface area contributed by atoms with E-state index < -0.39 is 6.36 Å². The third kappa shape index (κ3) is 7.75. The van der Waals surface area contributed by atoms with Gasteiger partial charge in [-0.2, -0.15) is 4.99 Å². The first-order chi connectivity index (χ1) is 21.0. The first-order valence-corrected chi connectivity index (χ1v) is 14.9. The summed E-state index contributed by atoms with van der Waals surface area (Å²) in [5.41, 5.74) is 6.36. The number of benzene rings is 3. The highest BCUT2D eigenvalue weighted by Gasteiger charge is 2.32. The SMILES string of the molecule is CC(C)c1ccc(Cl)cc1N1C(=O)CSC1=NC(=S)NOCc1ccc(-c2ncn(-c3ccc(OC(F)(F)F)cc3)n2)cc1. The Hall–Kier alpha value is -3.98. The number of halogens is 4. The number of thioether (sulfide) groups is 1. The first-order valence-electron chi connectivity index (χ1n) is 13.1. The fraction of sp³-hybridized carbons (Fsp3) is 0.207. The van der Waals surface area contributed by atoms with Crippen LogP contribution in [0.3, 0.4) is 0 Å². The molecule has 3 aromatic carbocycles. The van der Waals surface area contributed by atoms with Crippen LogP contribution in [-0.2, 0) is 16.2 Å². The van der Waals surface area contributed by atoms with E-state index in [0.717, 1.165) is 16.7 Å². The molecule has 5 rings (SSSR count). The van der Waals surface area contributed by atoms with Gasteiger partial charge in [-0.1, -0.05) is 67.5 Å². The van der Waals surface area contributed by atoms with Crippen LogP contribution in [0, 0.1) is 0 Å². The lowest BCUT2D eigenvalue weighted by molar-refractivity contribution is -0.274. The molecule has 0 atom stereocenters. The van der Waals surface area contributed by atoms with Crippen LogP contribution in [0.25, 0.3) is 17.1 Å². The lowest BCUT2D eigenvalue weighted by atomic mass is 10.0. The molecule has 0 aliphatic carbocycles. The maximum absolute atomic E-state index is 12.7. The van der Waals surface area contributed by atoms with Crippen molar-refractivity contribution in [1.29, 1.82) is 0 Å². The Morgan fingerprint density at radius 2 is 1.86 bits per heavy atom. The van der Waals surface area contributed by atoms with Crippen molar-refractivity contribution in [3.05, 3.63) is 89.2 Å². The van der Waals surface area contributed by atoms with Crippen LogP contribution in [0.4, 0.5) is 18.9 Å². The van der Waals surface area contributed by atoms with E-state index in [-0.39, 0.29) is 35.0 Å². The Morgan fingerprint density at radius 3 is 2.55 bits per heavy atom. The van der Waals surface area contributed by atoms with E-state index in [1.165, 1.54) is 51.9 Å². The summed E-state index contributed by atoms with van der Waals surface area (Å²) in [4.78, 5) is 28.5. The number of rotatable bonds is 8. The molecule has 0 bridgehead atoms. The van der Waals surface area contributed by atoms with E-state index in [9.17, 15) is 18.0 Å². The van der Waals surface area contributed by atoms with Crippen molar-refractivity contribution in [2.45, 2.75) is 32.7 Å². The van der Waals surface area contributed by atoms with E-state index in [4.69, 9.17) is 28.7 Å². The number of nitrogens with one attached hydrogen (secondary N) is 1. The second kappa shape index (κ2) is 13.3. The van der Waals surface area contributed by atoms with Crippen LogP contribution < -0.4 is 15.1 Å². The number of hydrogen-bond acceptors (Lipinski definition) is 7. The highest BCUT2D eigenvalue weighted by atomic mass is 35.5. The predicted octanol–water partition coefficient (Wildman–Crippen LogP) is 7.05. The van der Waals surface area contributed by atoms with Crippen LogP contribution >= 0.6 is 35.6 Å². The Bertz CT molecular complexity index is 1700. The van der Waals surface area contributed by atoms with Gasteiger partial charge in [-0.3, -0.25) is 14.5 Å². The van der Waals surface area contributed by atoms with Crippen LogP contribution in [-0.4, -0.2) is 43.1 Å². The number of hydroxylamine groups is 1. The highest BCUT2D eigenvalue weighted by Crippen LogP contribution is 2.35.